The van der Waals surface area contributed by atoms with E-state index in [2.05, 4.69) is 42.3 Å². The van der Waals surface area contributed by atoms with E-state index < -0.39 is 0 Å². The molecule has 1 heterocycles. The van der Waals surface area contributed by atoms with E-state index in [4.69, 9.17) is 0 Å². The van der Waals surface area contributed by atoms with Gasteiger partial charge in [0.1, 0.15) is 0 Å². The number of aromatic nitrogens is 1. The smallest absolute Gasteiger partial charge is 0.230 e. The zero-order valence-corrected chi connectivity index (χ0v) is 12.0. The number of aromatic amines is 1. The zero-order chi connectivity index (χ0) is 14.2. The quantitative estimate of drug-likeness (QED) is 0.879. The molecule has 2 aromatic rings. The SMILES string of the molecule is Cc1cc(C)cc(C2(C(=O)NCc3ccc[nH]3)CC2)c1. The van der Waals surface area contributed by atoms with Crippen LogP contribution in [0.15, 0.2) is 36.5 Å². The molecule has 0 spiro atoms. The maximum absolute atomic E-state index is 12.5. The molecule has 0 atom stereocenters. The van der Waals surface area contributed by atoms with E-state index in [1.807, 2.05) is 18.3 Å². The van der Waals surface area contributed by atoms with E-state index in [9.17, 15) is 4.79 Å². The van der Waals surface area contributed by atoms with Crippen LogP contribution in [0, 0.1) is 13.8 Å². The van der Waals surface area contributed by atoms with Gasteiger partial charge in [0.25, 0.3) is 0 Å². The molecule has 0 saturated heterocycles. The Morgan fingerprint density at radius 1 is 1.25 bits per heavy atom. The normalized spacial score (nSPS) is 15.9. The minimum atomic E-state index is -0.288. The molecule has 1 aliphatic rings. The van der Waals surface area contributed by atoms with E-state index in [1.54, 1.807) is 0 Å². The number of carbonyl (C=O) groups is 1. The van der Waals surface area contributed by atoms with Gasteiger partial charge in [0, 0.05) is 11.9 Å². The molecule has 0 radical (unpaired) electrons. The van der Waals surface area contributed by atoms with Crippen molar-refractivity contribution in [2.24, 2.45) is 0 Å². The van der Waals surface area contributed by atoms with E-state index in [0.29, 0.717) is 6.54 Å². The Morgan fingerprint density at radius 2 is 1.95 bits per heavy atom. The molecule has 0 unspecified atom stereocenters. The Kier molecular flexibility index (Phi) is 3.13. The molecule has 2 N–H and O–H groups in total. The van der Waals surface area contributed by atoms with Crippen molar-refractivity contribution in [2.45, 2.75) is 38.6 Å². The fraction of sp³-hybridized carbons (Fsp3) is 0.353. The van der Waals surface area contributed by atoms with Crippen LogP contribution in [0.1, 0.15) is 35.2 Å². The molecule has 1 fully saturated rings. The molecule has 1 saturated carbocycles. The van der Waals surface area contributed by atoms with Crippen LogP contribution >= 0.6 is 0 Å². The minimum absolute atomic E-state index is 0.150. The van der Waals surface area contributed by atoms with Gasteiger partial charge < -0.3 is 10.3 Å². The molecule has 0 bridgehead atoms. The lowest BCUT2D eigenvalue weighted by atomic mass is 9.92. The van der Waals surface area contributed by atoms with Crippen molar-refractivity contribution >= 4 is 5.91 Å². The van der Waals surface area contributed by atoms with Gasteiger partial charge in [-0.2, -0.15) is 0 Å². The number of hydrogen-bond donors (Lipinski definition) is 2. The Hall–Kier alpha value is -2.03. The first-order valence-electron chi connectivity index (χ1n) is 7.09. The minimum Gasteiger partial charge on any atom is -0.364 e. The van der Waals surface area contributed by atoms with Crippen molar-refractivity contribution in [3.8, 4) is 0 Å². The van der Waals surface area contributed by atoms with Gasteiger partial charge in [0.2, 0.25) is 5.91 Å². The number of benzene rings is 1. The molecule has 1 amide bonds. The topological polar surface area (TPSA) is 44.9 Å². The molecular weight excluding hydrogens is 248 g/mol. The summed E-state index contributed by atoms with van der Waals surface area (Å²) in [6.07, 6.45) is 3.78. The monoisotopic (exact) mass is 268 g/mol. The van der Waals surface area contributed by atoms with Crippen molar-refractivity contribution in [2.75, 3.05) is 0 Å². The molecule has 1 aliphatic carbocycles. The maximum atomic E-state index is 12.5. The van der Waals surface area contributed by atoms with Gasteiger partial charge in [-0.1, -0.05) is 29.3 Å². The van der Waals surface area contributed by atoms with Crippen molar-refractivity contribution in [3.05, 3.63) is 58.9 Å². The zero-order valence-electron chi connectivity index (χ0n) is 12.0. The molecular formula is C17H20N2O. The lowest BCUT2D eigenvalue weighted by molar-refractivity contribution is -0.123. The molecule has 104 valence electrons. The summed E-state index contributed by atoms with van der Waals surface area (Å²) in [5.41, 5.74) is 4.36. The fourth-order valence-corrected chi connectivity index (χ4v) is 2.84. The van der Waals surface area contributed by atoms with Gasteiger partial charge in [-0.05, 0) is 44.4 Å². The van der Waals surface area contributed by atoms with Crippen LogP contribution < -0.4 is 5.32 Å². The highest BCUT2D eigenvalue weighted by atomic mass is 16.2. The van der Waals surface area contributed by atoms with Gasteiger partial charge in [0.05, 0.1) is 12.0 Å². The second-order valence-corrected chi connectivity index (χ2v) is 5.84. The lowest BCUT2D eigenvalue weighted by Crippen LogP contribution is -2.34. The molecule has 3 nitrogen and oxygen atoms in total. The number of hydrogen-bond acceptors (Lipinski definition) is 1. The summed E-state index contributed by atoms with van der Waals surface area (Å²) < 4.78 is 0. The van der Waals surface area contributed by atoms with Crippen LogP contribution in [0.5, 0.6) is 0 Å². The highest BCUT2D eigenvalue weighted by molar-refractivity contribution is 5.91. The molecule has 0 aliphatic heterocycles. The number of aryl methyl sites for hydroxylation is 2. The Morgan fingerprint density at radius 3 is 2.50 bits per heavy atom. The van der Waals surface area contributed by atoms with Gasteiger partial charge in [0.15, 0.2) is 0 Å². The van der Waals surface area contributed by atoms with Crippen molar-refractivity contribution in [3.63, 3.8) is 0 Å². The maximum Gasteiger partial charge on any atom is 0.230 e. The fourth-order valence-electron chi connectivity index (χ4n) is 2.84. The molecule has 1 aromatic heterocycles. The van der Waals surface area contributed by atoms with Crippen molar-refractivity contribution in [1.29, 1.82) is 0 Å². The lowest BCUT2D eigenvalue weighted by Gasteiger charge is -2.17. The first-order chi connectivity index (χ1) is 9.60. The number of carbonyl (C=O) groups excluding carboxylic acids is 1. The number of H-pyrrole nitrogens is 1. The first-order valence-corrected chi connectivity index (χ1v) is 7.09. The summed E-state index contributed by atoms with van der Waals surface area (Å²) >= 11 is 0. The summed E-state index contributed by atoms with van der Waals surface area (Å²) in [6, 6.07) is 10.4. The number of nitrogens with one attached hydrogen (secondary N) is 2. The summed E-state index contributed by atoms with van der Waals surface area (Å²) in [6.45, 7) is 4.74. The Balaban J connectivity index is 1.76. The van der Waals surface area contributed by atoms with Crippen LogP contribution in [0.2, 0.25) is 0 Å². The van der Waals surface area contributed by atoms with Crippen LogP contribution in [0.3, 0.4) is 0 Å². The summed E-state index contributed by atoms with van der Waals surface area (Å²) in [5, 5.41) is 3.06. The predicted octanol–water partition coefficient (Wildman–Crippen LogP) is 2.98. The van der Waals surface area contributed by atoms with Crippen LogP contribution in [0.4, 0.5) is 0 Å². The number of rotatable bonds is 4. The summed E-state index contributed by atoms with van der Waals surface area (Å²) in [5.74, 6) is 0.150. The molecule has 1 aromatic carbocycles. The standard InChI is InChI=1S/C17H20N2O/c1-12-8-13(2)10-14(9-12)17(5-6-17)16(20)19-11-15-4-3-7-18-15/h3-4,7-10,18H,5-6,11H2,1-2H3,(H,19,20). The number of amides is 1. The molecule has 3 rings (SSSR count). The average Bonchev–Trinajstić information content (AvgIpc) is 3.05. The molecule has 3 heteroatoms. The second kappa shape index (κ2) is 4.82. The van der Waals surface area contributed by atoms with Crippen molar-refractivity contribution in [1.82, 2.24) is 10.3 Å². The Bertz CT molecular complexity index is 604. The van der Waals surface area contributed by atoms with Gasteiger partial charge in [-0.3, -0.25) is 4.79 Å². The summed E-state index contributed by atoms with van der Waals surface area (Å²) in [7, 11) is 0. The average molecular weight is 268 g/mol. The Labute approximate surface area is 119 Å². The third-order valence-corrected chi connectivity index (χ3v) is 4.06. The highest BCUT2D eigenvalue weighted by Gasteiger charge is 2.51. The predicted molar refractivity (Wildman–Crippen MR) is 79.5 cm³/mol. The van der Waals surface area contributed by atoms with E-state index in [1.165, 1.54) is 16.7 Å². The second-order valence-electron chi connectivity index (χ2n) is 5.84. The largest absolute Gasteiger partial charge is 0.364 e. The van der Waals surface area contributed by atoms with Crippen LogP contribution in [-0.4, -0.2) is 10.9 Å². The highest BCUT2D eigenvalue weighted by Crippen LogP contribution is 2.48. The molecule has 20 heavy (non-hydrogen) atoms. The third kappa shape index (κ3) is 2.36. The van der Waals surface area contributed by atoms with Gasteiger partial charge in [-0.15, -0.1) is 0 Å². The van der Waals surface area contributed by atoms with Crippen LogP contribution in [0.25, 0.3) is 0 Å². The van der Waals surface area contributed by atoms with E-state index in [0.717, 1.165) is 18.5 Å². The van der Waals surface area contributed by atoms with Crippen molar-refractivity contribution < 1.29 is 4.79 Å². The van der Waals surface area contributed by atoms with E-state index >= 15 is 0 Å². The first kappa shape index (κ1) is 13.0. The third-order valence-electron chi connectivity index (χ3n) is 4.06. The summed E-state index contributed by atoms with van der Waals surface area (Å²) in [4.78, 5) is 15.6. The van der Waals surface area contributed by atoms with E-state index in [-0.39, 0.29) is 11.3 Å². The van der Waals surface area contributed by atoms with Gasteiger partial charge in [-0.25, -0.2) is 0 Å². The van der Waals surface area contributed by atoms with Gasteiger partial charge >= 0.3 is 0 Å². The van der Waals surface area contributed by atoms with Crippen LogP contribution in [-0.2, 0) is 16.8 Å².